The van der Waals surface area contributed by atoms with E-state index in [0.29, 0.717) is 6.61 Å². The van der Waals surface area contributed by atoms with Gasteiger partial charge in [-0.15, -0.1) is 12.4 Å². The normalized spacial score (nSPS) is 11.6. The summed E-state index contributed by atoms with van der Waals surface area (Å²) in [6, 6.07) is 1.40. The van der Waals surface area contributed by atoms with Gasteiger partial charge in [-0.2, -0.15) is 0 Å². The molecule has 5 heteroatoms. The fraction of sp³-hybridized carbons (Fsp3) is 0.444. The Hall–Kier alpha value is -1.00. The summed E-state index contributed by atoms with van der Waals surface area (Å²) in [5.74, 6) is -0.281. The third-order valence-electron chi connectivity index (χ3n) is 1.66. The predicted molar refractivity (Wildman–Crippen MR) is 54.1 cm³/mol. The van der Waals surface area contributed by atoms with Crippen LogP contribution in [0.25, 0.3) is 0 Å². The van der Waals surface area contributed by atoms with E-state index in [-0.39, 0.29) is 30.8 Å². The molecule has 4 nitrogen and oxygen atoms in total. The number of rotatable bonds is 4. The van der Waals surface area contributed by atoms with Gasteiger partial charge in [0.15, 0.2) is 0 Å². The molecule has 0 aliphatic heterocycles. The highest BCUT2D eigenvalue weighted by molar-refractivity contribution is 5.85. The maximum absolute atomic E-state index is 11.0. The maximum Gasteiger partial charge on any atom is 0.307 e. The van der Waals surface area contributed by atoms with Crippen molar-refractivity contribution in [3.63, 3.8) is 0 Å². The van der Waals surface area contributed by atoms with Gasteiger partial charge >= 0.3 is 5.97 Å². The summed E-state index contributed by atoms with van der Waals surface area (Å²) in [5, 5.41) is 0. The number of carbonyl (C=O) groups is 1. The standard InChI is InChI=1S/C9H13NO3.ClH/c1-2-13-9(11)5-8(10)7-3-4-12-6-7;/h3-4,6,8H,2,5,10H2,1H3;1H. The molecule has 0 bridgehead atoms. The van der Waals surface area contributed by atoms with Gasteiger partial charge in [-0.3, -0.25) is 4.79 Å². The van der Waals surface area contributed by atoms with Gasteiger partial charge in [0, 0.05) is 11.6 Å². The summed E-state index contributed by atoms with van der Waals surface area (Å²) < 4.78 is 9.61. The van der Waals surface area contributed by atoms with Crippen LogP contribution < -0.4 is 5.73 Å². The first kappa shape index (κ1) is 13.0. The third-order valence-corrected chi connectivity index (χ3v) is 1.66. The topological polar surface area (TPSA) is 65.5 Å². The quantitative estimate of drug-likeness (QED) is 0.783. The van der Waals surface area contributed by atoms with Gasteiger partial charge in [-0.05, 0) is 13.0 Å². The predicted octanol–water partition coefficient (Wildman–Crippen LogP) is 1.65. The van der Waals surface area contributed by atoms with E-state index in [1.807, 2.05) is 0 Å². The minimum atomic E-state index is -0.335. The van der Waals surface area contributed by atoms with Gasteiger partial charge in [0.25, 0.3) is 0 Å². The van der Waals surface area contributed by atoms with Crippen molar-refractivity contribution in [1.29, 1.82) is 0 Å². The number of hydrogen-bond donors (Lipinski definition) is 1. The molecule has 14 heavy (non-hydrogen) atoms. The van der Waals surface area contributed by atoms with Crippen LogP contribution in [0.3, 0.4) is 0 Å². The molecule has 0 radical (unpaired) electrons. The van der Waals surface area contributed by atoms with Gasteiger partial charge < -0.3 is 14.9 Å². The first-order chi connectivity index (χ1) is 6.24. The average molecular weight is 220 g/mol. The van der Waals surface area contributed by atoms with E-state index in [9.17, 15) is 4.79 Å². The number of hydrogen-bond acceptors (Lipinski definition) is 4. The maximum atomic E-state index is 11.0. The summed E-state index contributed by atoms with van der Waals surface area (Å²) in [6.07, 6.45) is 3.25. The van der Waals surface area contributed by atoms with Gasteiger partial charge in [0.2, 0.25) is 0 Å². The number of esters is 1. The smallest absolute Gasteiger partial charge is 0.307 e. The molecule has 0 saturated heterocycles. The molecule has 0 spiro atoms. The molecule has 1 unspecified atom stereocenters. The molecule has 1 rings (SSSR count). The lowest BCUT2D eigenvalue weighted by Crippen LogP contribution is -2.16. The molecule has 2 N–H and O–H groups in total. The van der Waals surface area contributed by atoms with Crippen LogP contribution in [0.4, 0.5) is 0 Å². The molecule has 0 amide bonds. The van der Waals surface area contributed by atoms with Crippen molar-refractivity contribution in [2.45, 2.75) is 19.4 Å². The number of nitrogens with two attached hydrogens (primary N) is 1. The minimum Gasteiger partial charge on any atom is -0.472 e. The molecule has 0 saturated carbocycles. The van der Waals surface area contributed by atoms with Gasteiger partial charge in [-0.25, -0.2) is 0 Å². The largest absolute Gasteiger partial charge is 0.472 e. The van der Waals surface area contributed by atoms with Crippen LogP contribution in [0.1, 0.15) is 24.9 Å². The van der Waals surface area contributed by atoms with Gasteiger partial charge in [0.05, 0.1) is 25.6 Å². The van der Waals surface area contributed by atoms with Crippen LogP contribution in [-0.2, 0) is 9.53 Å². The third kappa shape index (κ3) is 3.81. The Kier molecular flexibility index (Phi) is 5.99. The second-order valence-corrected chi connectivity index (χ2v) is 2.67. The van der Waals surface area contributed by atoms with Gasteiger partial charge in [-0.1, -0.05) is 0 Å². The second kappa shape index (κ2) is 6.45. The molecule has 80 valence electrons. The molecular formula is C9H14ClNO3. The Morgan fingerprint density at radius 3 is 2.93 bits per heavy atom. The lowest BCUT2D eigenvalue weighted by molar-refractivity contribution is -0.143. The van der Waals surface area contributed by atoms with Crippen LogP contribution in [0.15, 0.2) is 23.0 Å². The van der Waals surface area contributed by atoms with E-state index >= 15 is 0 Å². The summed E-state index contributed by atoms with van der Waals surface area (Å²) >= 11 is 0. The van der Waals surface area contributed by atoms with Gasteiger partial charge in [0.1, 0.15) is 0 Å². The van der Waals surface area contributed by atoms with Crippen molar-refractivity contribution in [3.05, 3.63) is 24.2 Å². The molecule has 1 aromatic rings. The Labute approximate surface area is 88.8 Å². The minimum absolute atomic E-state index is 0. The highest BCUT2D eigenvalue weighted by atomic mass is 35.5. The van der Waals surface area contributed by atoms with E-state index in [1.165, 1.54) is 12.5 Å². The Morgan fingerprint density at radius 1 is 1.71 bits per heavy atom. The monoisotopic (exact) mass is 219 g/mol. The van der Waals surface area contributed by atoms with Crippen molar-refractivity contribution in [1.82, 2.24) is 0 Å². The lowest BCUT2D eigenvalue weighted by atomic mass is 10.1. The molecule has 0 aliphatic rings. The van der Waals surface area contributed by atoms with E-state index < -0.39 is 0 Å². The number of carbonyl (C=O) groups excluding carboxylic acids is 1. The molecule has 1 aromatic heterocycles. The molecule has 1 heterocycles. The van der Waals surface area contributed by atoms with Crippen LogP contribution in [-0.4, -0.2) is 12.6 Å². The van der Waals surface area contributed by atoms with E-state index in [0.717, 1.165) is 5.56 Å². The van der Waals surface area contributed by atoms with Crippen LogP contribution >= 0.6 is 12.4 Å². The first-order valence-electron chi connectivity index (χ1n) is 4.17. The SMILES string of the molecule is CCOC(=O)CC(N)c1ccoc1.Cl. The van der Waals surface area contributed by atoms with Crippen molar-refractivity contribution >= 4 is 18.4 Å². The zero-order chi connectivity index (χ0) is 9.68. The number of ether oxygens (including phenoxy) is 1. The second-order valence-electron chi connectivity index (χ2n) is 2.67. The Morgan fingerprint density at radius 2 is 2.43 bits per heavy atom. The highest BCUT2D eigenvalue weighted by Crippen LogP contribution is 2.14. The fourth-order valence-electron chi connectivity index (χ4n) is 1.00. The Balaban J connectivity index is 0.00000169. The van der Waals surface area contributed by atoms with Crippen molar-refractivity contribution in [2.75, 3.05) is 6.61 Å². The summed E-state index contributed by atoms with van der Waals surface area (Å²) in [4.78, 5) is 11.0. The molecule has 1 atom stereocenters. The van der Waals surface area contributed by atoms with Crippen molar-refractivity contribution < 1.29 is 13.9 Å². The van der Waals surface area contributed by atoms with E-state index in [2.05, 4.69) is 0 Å². The average Bonchev–Trinajstić information content (AvgIpc) is 2.55. The van der Waals surface area contributed by atoms with E-state index in [4.69, 9.17) is 14.9 Å². The van der Waals surface area contributed by atoms with Crippen LogP contribution in [0.5, 0.6) is 0 Å². The number of halogens is 1. The molecular weight excluding hydrogens is 206 g/mol. The molecule has 0 aromatic carbocycles. The zero-order valence-corrected chi connectivity index (χ0v) is 8.75. The lowest BCUT2D eigenvalue weighted by Gasteiger charge is -2.07. The first-order valence-corrected chi connectivity index (χ1v) is 4.17. The highest BCUT2D eigenvalue weighted by Gasteiger charge is 2.12. The van der Waals surface area contributed by atoms with Crippen molar-refractivity contribution in [2.24, 2.45) is 5.73 Å². The fourth-order valence-corrected chi connectivity index (χ4v) is 1.00. The summed E-state index contributed by atoms with van der Waals surface area (Å²) in [7, 11) is 0. The summed E-state index contributed by atoms with van der Waals surface area (Å²) in [5.41, 5.74) is 6.52. The van der Waals surface area contributed by atoms with Crippen molar-refractivity contribution in [3.8, 4) is 0 Å². The number of furan rings is 1. The summed E-state index contributed by atoms with van der Waals surface area (Å²) in [6.45, 7) is 2.15. The van der Waals surface area contributed by atoms with Crippen LogP contribution in [0.2, 0.25) is 0 Å². The molecule has 0 fully saturated rings. The van der Waals surface area contributed by atoms with Crippen LogP contribution in [0, 0.1) is 0 Å². The zero-order valence-electron chi connectivity index (χ0n) is 7.93. The molecule has 0 aliphatic carbocycles. The van der Waals surface area contributed by atoms with E-state index in [1.54, 1.807) is 13.0 Å². The Bertz CT molecular complexity index is 261.